The number of nitrogens with one attached hydrogen (secondary N) is 1. The normalized spacial score (nSPS) is 12.7. The van der Waals surface area contributed by atoms with Crippen LogP contribution in [0.15, 0.2) is 32.5 Å². The van der Waals surface area contributed by atoms with Crippen LogP contribution in [-0.2, 0) is 0 Å². The van der Waals surface area contributed by atoms with Crippen LogP contribution in [0.3, 0.4) is 0 Å². The van der Waals surface area contributed by atoms with Crippen molar-refractivity contribution in [1.82, 2.24) is 5.32 Å². The van der Waals surface area contributed by atoms with Crippen LogP contribution in [0.2, 0.25) is 5.02 Å². The quantitative estimate of drug-likeness (QED) is 0.713. The smallest absolute Gasteiger partial charge is 0.142 e. The first-order valence-corrected chi connectivity index (χ1v) is 7.88. The number of thiophene rings is 1. The van der Waals surface area contributed by atoms with Gasteiger partial charge in [-0.05, 0) is 51.0 Å². The number of hydrogen-bond donors (Lipinski definition) is 1. The molecule has 1 unspecified atom stereocenters. The Morgan fingerprint density at radius 2 is 2.11 bits per heavy atom. The van der Waals surface area contributed by atoms with Crippen molar-refractivity contribution in [3.8, 4) is 0 Å². The number of halogens is 4. The minimum absolute atomic E-state index is 0.212. The van der Waals surface area contributed by atoms with E-state index in [4.69, 9.17) is 11.6 Å². The maximum absolute atomic E-state index is 14.1. The maximum Gasteiger partial charge on any atom is 0.142 e. The average Bonchev–Trinajstić information content (AvgIpc) is 2.66. The minimum atomic E-state index is -0.252. The maximum atomic E-state index is 14.1. The summed E-state index contributed by atoms with van der Waals surface area (Å²) >= 11 is 14.1. The molecule has 1 aromatic heterocycles. The van der Waals surface area contributed by atoms with Gasteiger partial charge in [-0.3, -0.25) is 0 Å². The van der Waals surface area contributed by atoms with Gasteiger partial charge in [-0.15, -0.1) is 11.3 Å². The molecule has 1 nitrogen and oxygen atoms in total. The van der Waals surface area contributed by atoms with Crippen LogP contribution < -0.4 is 5.32 Å². The number of benzene rings is 1. The van der Waals surface area contributed by atoms with Crippen molar-refractivity contribution in [2.45, 2.75) is 6.04 Å². The predicted molar refractivity (Wildman–Crippen MR) is 82.0 cm³/mol. The molecule has 0 aliphatic heterocycles. The van der Waals surface area contributed by atoms with E-state index in [-0.39, 0.29) is 11.9 Å². The Morgan fingerprint density at radius 3 is 2.67 bits per heavy atom. The number of hydrogen-bond acceptors (Lipinski definition) is 2. The summed E-state index contributed by atoms with van der Waals surface area (Å²) in [5.41, 5.74) is 0.595. The summed E-state index contributed by atoms with van der Waals surface area (Å²) in [6.07, 6.45) is 0. The first-order valence-electron chi connectivity index (χ1n) is 5.10. The van der Waals surface area contributed by atoms with Crippen LogP contribution >= 0.6 is 54.8 Å². The van der Waals surface area contributed by atoms with E-state index in [1.165, 1.54) is 11.3 Å². The molecule has 0 bridgehead atoms. The lowest BCUT2D eigenvalue weighted by atomic mass is 10.1. The van der Waals surface area contributed by atoms with Crippen molar-refractivity contribution >= 4 is 54.8 Å². The van der Waals surface area contributed by atoms with E-state index < -0.39 is 0 Å². The van der Waals surface area contributed by atoms with Crippen molar-refractivity contribution in [2.24, 2.45) is 0 Å². The molecule has 1 heterocycles. The van der Waals surface area contributed by atoms with Gasteiger partial charge in [-0.2, -0.15) is 0 Å². The molecule has 0 amide bonds. The molecule has 1 atom stereocenters. The van der Waals surface area contributed by atoms with E-state index in [1.54, 1.807) is 19.2 Å². The third-order valence-electron chi connectivity index (χ3n) is 2.53. The van der Waals surface area contributed by atoms with Gasteiger partial charge in [-0.25, -0.2) is 4.39 Å². The van der Waals surface area contributed by atoms with Gasteiger partial charge in [0.2, 0.25) is 0 Å². The molecule has 1 N–H and O–H groups in total. The van der Waals surface area contributed by atoms with E-state index in [0.29, 0.717) is 15.1 Å². The van der Waals surface area contributed by atoms with Crippen molar-refractivity contribution in [2.75, 3.05) is 7.05 Å². The van der Waals surface area contributed by atoms with Crippen LogP contribution in [-0.4, -0.2) is 7.05 Å². The van der Waals surface area contributed by atoms with Crippen LogP contribution in [0.4, 0.5) is 4.39 Å². The van der Waals surface area contributed by atoms with E-state index in [0.717, 1.165) is 8.66 Å². The second kappa shape index (κ2) is 6.01. The highest BCUT2D eigenvalue weighted by Crippen LogP contribution is 2.38. The summed E-state index contributed by atoms with van der Waals surface area (Å²) in [6, 6.07) is 6.90. The summed E-state index contributed by atoms with van der Waals surface area (Å²) in [4.78, 5) is 0.964. The third kappa shape index (κ3) is 2.80. The Morgan fingerprint density at radius 1 is 1.39 bits per heavy atom. The number of rotatable bonds is 3. The van der Waals surface area contributed by atoms with Gasteiger partial charge in [0.05, 0.1) is 19.3 Å². The van der Waals surface area contributed by atoms with Gasteiger partial charge in [0.25, 0.3) is 0 Å². The zero-order valence-electron chi connectivity index (χ0n) is 9.31. The Balaban J connectivity index is 2.48. The SMILES string of the molecule is CNC(c1cc(Cl)c(Br)s1)c1cccc(Br)c1F. The van der Waals surface area contributed by atoms with Gasteiger partial charge >= 0.3 is 0 Å². The first-order chi connectivity index (χ1) is 8.54. The summed E-state index contributed by atoms with van der Waals surface area (Å²) in [6.45, 7) is 0. The molecule has 2 rings (SSSR count). The van der Waals surface area contributed by atoms with Crippen LogP contribution in [0.5, 0.6) is 0 Å². The van der Waals surface area contributed by atoms with Gasteiger partial charge < -0.3 is 5.32 Å². The molecule has 0 spiro atoms. The topological polar surface area (TPSA) is 12.0 Å². The fraction of sp³-hybridized carbons (Fsp3) is 0.167. The standard InChI is InChI=1S/C12H9Br2ClFNS/c1-17-11(9-5-8(15)12(14)18-9)6-3-2-4-7(13)10(6)16/h2-5,11,17H,1H3. The summed E-state index contributed by atoms with van der Waals surface area (Å²) in [7, 11) is 1.80. The highest BCUT2D eigenvalue weighted by Gasteiger charge is 2.20. The Bertz CT molecular complexity index is 554. The van der Waals surface area contributed by atoms with Crippen molar-refractivity contribution in [1.29, 1.82) is 0 Å². The van der Waals surface area contributed by atoms with Gasteiger partial charge in [0, 0.05) is 10.4 Å². The van der Waals surface area contributed by atoms with Crippen LogP contribution in [0.1, 0.15) is 16.5 Å². The van der Waals surface area contributed by atoms with Crippen LogP contribution in [0.25, 0.3) is 0 Å². The molecule has 18 heavy (non-hydrogen) atoms. The molecule has 1 aromatic carbocycles. The second-order valence-electron chi connectivity index (χ2n) is 3.64. The Hall–Kier alpha value is 0.0600. The lowest BCUT2D eigenvalue weighted by Crippen LogP contribution is -2.18. The van der Waals surface area contributed by atoms with Gasteiger partial charge in [0.1, 0.15) is 5.82 Å². The largest absolute Gasteiger partial charge is 0.309 e. The van der Waals surface area contributed by atoms with Gasteiger partial charge in [0.15, 0.2) is 0 Å². The summed E-state index contributed by atoms with van der Waals surface area (Å²) in [5, 5.41) is 3.76. The molecule has 0 aliphatic carbocycles. The zero-order chi connectivity index (χ0) is 13.3. The lowest BCUT2D eigenvalue weighted by molar-refractivity contribution is 0.574. The van der Waals surface area contributed by atoms with Gasteiger partial charge in [-0.1, -0.05) is 23.7 Å². The van der Waals surface area contributed by atoms with E-state index in [1.807, 2.05) is 12.1 Å². The third-order valence-corrected chi connectivity index (χ3v) is 5.68. The molecule has 0 saturated carbocycles. The van der Waals surface area contributed by atoms with E-state index >= 15 is 0 Å². The summed E-state index contributed by atoms with van der Waals surface area (Å²) < 4.78 is 15.4. The molecule has 0 fully saturated rings. The molecule has 0 radical (unpaired) electrons. The highest BCUT2D eigenvalue weighted by molar-refractivity contribution is 9.11. The minimum Gasteiger partial charge on any atom is -0.309 e. The molecule has 2 aromatic rings. The fourth-order valence-electron chi connectivity index (χ4n) is 1.70. The molecular formula is C12H9Br2ClFNS. The van der Waals surface area contributed by atoms with Crippen LogP contribution in [0, 0.1) is 5.82 Å². The fourth-order valence-corrected chi connectivity index (χ4v) is 3.96. The Labute approximate surface area is 131 Å². The molecule has 96 valence electrons. The summed E-state index contributed by atoms with van der Waals surface area (Å²) in [5.74, 6) is -0.252. The van der Waals surface area contributed by atoms with Crippen molar-refractivity contribution in [3.05, 3.63) is 53.8 Å². The first kappa shape index (κ1) is 14.5. The van der Waals surface area contributed by atoms with Crippen molar-refractivity contribution < 1.29 is 4.39 Å². The monoisotopic (exact) mass is 411 g/mol. The molecule has 0 aliphatic rings. The lowest BCUT2D eigenvalue weighted by Gasteiger charge is -2.16. The average molecular weight is 414 g/mol. The Kier molecular flexibility index (Phi) is 4.83. The van der Waals surface area contributed by atoms with E-state index in [9.17, 15) is 4.39 Å². The zero-order valence-corrected chi connectivity index (χ0v) is 14.1. The van der Waals surface area contributed by atoms with E-state index in [2.05, 4.69) is 37.2 Å². The van der Waals surface area contributed by atoms with Crippen molar-refractivity contribution in [3.63, 3.8) is 0 Å². The molecule has 0 saturated heterocycles. The molecular weight excluding hydrogens is 404 g/mol. The predicted octanol–water partition coefficient (Wildman–Crippen LogP) is 5.37. The highest BCUT2D eigenvalue weighted by atomic mass is 79.9. The second-order valence-corrected chi connectivity index (χ2v) is 7.30. The molecule has 6 heteroatoms.